The Morgan fingerprint density at radius 2 is 2.26 bits per heavy atom. The molecule has 1 amide bonds. The molecule has 27 heavy (non-hydrogen) atoms. The van der Waals surface area contributed by atoms with Gasteiger partial charge in [-0.15, -0.1) is 11.3 Å². The Labute approximate surface area is 170 Å². The highest BCUT2D eigenvalue weighted by atomic mass is 35.5. The van der Waals surface area contributed by atoms with Crippen LogP contribution in [0.1, 0.15) is 17.7 Å². The second-order valence-corrected chi connectivity index (χ2v) is 9.13. The maximum absolute atomic E-state index is 13.1. The Kier molecular flexibility index (Phi) is 5.63. The molecule has 1 aliphatic rings. The monoisotopic (exact) mass is 422 g/mol. The maximum atomic E-state index is 13.1. The van der Waals surface area contributed by atoms with Crippen LogP contribution in [0, 0.1) is 0 Å². The topological polar surface area (TPSA) is 51.7 Å². The number of para-hydroxylation sites is 1. The van der Waals surface area contributed by atoms with E-state index in [9.17, 15) is 4.79 Å². The number of fused-ring (bicyclic) bond motifs is 1. The fourth-order valence-electron chi connectivity index (χ4n) is 3.16. The third-order valence-electron chi connectivity index (χ3n) is 4.49. The summed E-state index contributed by atoms with van der Waals surface area (Å²) in [4.78, 5) is 20.5. The number of halogens is 1. The average molecular weight is 423 g/mol. The number of hydrogen-bond acceptors (Lipinski definition) is 6. The van der Waals surface area contributed by atoms with E-state index in [0.717, 1.165) is 34.5 Å². The van der Waals surface area contributed by atoms with Crippen molar-refractivity contribution >= 4 is 55.5 Å². The fraction of sp³-hybridized carbons (Fsp3) is 0.368. The molecule has 1 unspecified atom stereocenters. The van der Waals surface area contributed by atoms with Gasteiger partial charge in [-0.25, -0.2) is 4.98 Å². The van der Waals surface area contributed by atoms with Crippen LogP contribution in [-0.4, -0.2) is 37.3 Å². The van der Waals surface area contributed by atoms with Crippen molar-refractivity contribution in [2.75, 3.05) is 25.2 Å². The van der Waals surface area contributed by atoms with Gasteiger partial charge in [0.25, 0.3) is 0 Å². The molecule has 0 aliphatic carbocycles. The van der Waals surface area contributed by atoms with Gasteiger partial charge in [0.1, 0.15) is 11.3 Å². The van der Waals surface area contributed by atoms with E-state index >= 15 is 0 Å². The molecule has 0 radical (unpaired) electrons. The van der Waals surface area contributed by atoms with Crippen LogP contribution in [0.3, 0.4) is 0 Å². The van der Waals surface area contributed by atoms with Gasteiger partial charge >= 0.3 is 0 Å². The van der Waals surface area contributed by atoms with Gasteiger partial charge in [-0.05, 0) is 37.1 Å². The first-order chi connectivity index (χ1) is 13.1. The number of benzene rings is 1. The zero-order valence-electron chi connectivity index (χ0n) is 14.8. The molecular formula is C19H19ClN2O3S2. The van der Waals surface area contributed by atoms with Gasteiger partial charge < -0.3 is 9.47 Å². The molecule has 3 heterocycles. The average Bonchev–Trinajstić information content (AvgIpc) is 3.39. The summed E-state index contributed by atoms with van der Waals surface area (Å²) in [5.41, 5.74) is 0.782. The molecule has 0 bridgehead atoms. The summed E-state index contributed by atoms with van der Waals surface area (Å²) in [6.07, 6.45) is 2.34. The van der Waals surface area contributed by atoms with Crippen LogP contribution in [0.2, 0.25) is 4.34 Å². The van der Waals surface area contributed by atoms with Gasteiger partial charge in [-0.2, -0.15) is 0 Å². The Hall–Kier alpha value is -1.67. The zero-order valence-corrected chi connectivity index (χ0v) is 17.2. The van der Waals surface area contributed by atoms with Crippen LogP contribution < -0.4 is 9.64 Å². The third kappa shape index (κ3) is 4.11. The summed E-state index contributed by atoms with van der Waals surface area (Å²) < 4.78 is 12.9. The van der Waals surface area contributed by atoms with E-state index in [1.165, 1.54) is 22.7 Å². The summed E-state index contributed by atoms with van der Waals surface area (Å²) in [6, 6.07) is 9.53. The van der Waals surface area contributed by atoms with Crippen molar-refractivity contribution in [1.29, 1.82) is 0 Å². The second kappa shape index (κ2) is 8.14. The SMILES string of the molecule is COc1cccc2sc(N(CC3CCCO3)C(=O)Cc3ccc(Cl)s3)nc12. The number of carbonyl (C=O) groups is 1. The highest BCUT2D eigenvalue weighted by molar-refractivity contribution is 7.22. The van der Waals surface area contributed by atoms with Crippen molar-refractivity contribution in [3.05, 3.63) is 39.5 Å². The Balaban J connectivity index is 1.65. The number of nitrogens with zero attached hydrogens (tertiary/aromatic N) is 2. The molecule has 5 nitrogen and oxygen atoms in total. The number of rotatable bonds is 6. The predicted molar refractivity (Wildman–Crippen MR) is 111 cm³/mol. The summed E-state index contributed by atoms with van der Waals surface area (Å²) in [5.74, 6) is 0.714. The first-order valence-corrected chi connectivity index (χ1v) is 10.7. The lowest BCUT2D eigenvalue weighted by molar-refractivity contribution is -0.118. The normalized spacial score (nSPS) is 16.7. The lowest BCUT2D eigenvalue weighted by atomic mass is 10.2. The molecule has 0 N–H and O–H groups in total. The Morgan fingerprint density at radius 1 is 1.37 bits per heavy atom. The van der Waals surface area contributed by atoms with E-state index in [2.05, 4.69) is 0 Å². The number of hydrogen-bond donors (Lipinski definition) is 0. The number of thiazole rings is 1. The van der Waals surface area contributed by atoms with Gasteiger partial charge in [0.2, 0.25) is 5.91 Å². The number of amides is 1. The molecular weight excluding hydrogens is 404 g/mol. The number of methoxy groups -OCH3 is 1. The molecule has 0 saturated carbocycles. The van der Waals surface area contributed by atoms with Crippen molar-refractivity contribution in [2.45, 2.75) is 25.4 Å². The number of carbonyl (C=O) groups excluding carboxylic acids is 1. The molecule has 1 saturated heterocycles. The quantitative estimate of drug-likeness (QED) is 0.574. The highest BCUT2D eigenvalue weighted by Gasteiger charge is 2.27. The minimum atomic E-state index is 0.00189. The van der Waals surface area contributed by atoms with Gasteiger partial charge in [0.05, 0.1) is 35.2 Å². The van der Waals surface area contributed by atoms with Crippen LogP contribution in [-0.2, 0) is 16.0 Å². The van der Waals surface area contributed by atoms with Crippen molar-refractivity contribution in [3.63, 3.8) is 0 Å². The molecule has 1 atom stereocenters. The third-order valence-corrected chi connectivity index (χ3v) is 6.76. The molecule has 1 aliphatic heterocycles. The van der Waals surface area contributed by atoms with Crippen molar-refractivity contribution < 1.29 is 14.3 Å². The van der Waals surface area contributed by atoms with E-state index in [-0.39, 0.29) is 12.0 Å². The minimum absolute atomic E-state index is 0.00189. The molecule has 0 spiro atoms. The van der Waals surface area contributed by atoms with Gasteiger partial charge in [0.15, 0.2) is 5.13 Å². The molecule has 142 valence electrons. The molecule has 2 aromatic heterocycles. The maximum Gasteiger partial charge on any atom is 0.234 e. The largest absolute Gasteiger partial charge is 0.494 e. The number of ether oxygens (including phenoxy) is 2. The summed E-state index contributed by atoms with van der Waals surface area (Å²) in [7, 11) is 1.63. The first kappa shape index (κ1) is 18.7. The lowest BCUT2D eigenvalue weighted by Gasteiger charge is -2.22. The Morgan fingerprint density at radius 3 is 2.96 bits per heavy atom. The summed E-state index contributed by atoms with van der Waals surface area (Å²) in [5, 5.41) is 0.678. The highest BCUT2D eigenvalue weighted by Crippen LogP contribution is 2.35. The predicted octanol–water partition coefficient (Wildman–Crippen LogP) is 4.77. The molecule has 4 rings (SSSR count). The van der Waals surface area contributed by atoms with Crippen LogP contribution >= 0.6 is 34.3 Å². The molecule has 8 heteroatoms. The zero-order chi connectivity index (χ0) is 18.8. The van der Waals surface area contributed by atoms with Gasteiger partial charge in [-0.3, -0.25) is 9.69 Å². The van der Waals surface area contributed by atoms with Crippen LogP contribution in [0.4, 0.5) is 5.13 Å². The first-order valence-electron chi connectivity index (χ1n) is 8.74. The Bertz CT molecular complexity index is 949. The second-order valence-electron chi connectivity index (χ2n) is 6.33. The van der Waals surface area contributed by atoms with Gasteiger partial charge in [-0.1, -0.05) is 29.0 Å². The summed E-state index contributed by atoms with van der Waals surface area (Å²) >= 11 is 8.94. The molecule has 1 fully saturated rings. The number of aromatic nitrogens is 1. The lowest BCUT2D eigenvalue weighted by Crippen LogP contribution is -2.38. The molecule has 1 aromatic carbocycles. The van der Waals surface area contributed by atoms with Crippen LogP contribution in [0.25, 0.3) is 10.2 Å². The van der Waals surface area contributed by atoms with Crippen molar-refractivity contribution in [2.24, 2.45) is 0 Å². The summed E-state index contributed by atoms with van der Waals surface area (Å²) in [6.45, 7) is 1.26. The smallest absolute Gasteiger partial charge is 0.234 e. The number of thiophene rings is 1. The van der Waals surface area contributed by atoms with Gasteiger partial charge in [0, 0.05) is 11.5 Å². The van der Waals surface area contributed by atoms with E-state index in [4.69, 9.17) is 26.1 Å². The van der Waals surface area contributed by atoms with Crippen LogP contribution in [0.15, 0.2) is 30.3 Å². The van der Waals surface area contributed by atoms with E-state index in [0.29, 0.717) is 28.2 Å². The van der Waals surface area contributed by atoms with E-state index in [1.54, 1.807) is 12.0 Å². The minimum Gasteiger partial charge on any atom is -0.494 e. The fourth-order valence-corrected chi connectivity index (χ4v) is 5.25. The van der Waals surface area contributed by atoms with Crippen molar-refractivity contribution in [1.82, 2.24) is 4.98 Å². The van der Waals surface area contributed by atoms with Crippen LogP contribution in [0.5, 0.6) is 5.75 Å². The van der Waals surface area contributed by atoms with E-state index in [1.807, 2.05) is 30.3 Å². The number of anilines is 1. The van der Waals surface area contributed by atoms with Crippen molar-refractivity contribution in [3.8, 4) is 5.75 Å². The van der Waals surface area contributed by atoms with E-state index < -0.39 is 0 Å². The standard InChI is InChI=1S/C19H19ClN2O3S2/c1-24-14-5-2-6-15-18(14)21-19(27-15)22(11-12-4-3-9-25-12)17(23)10-13-7-8-16(20)26-13/h2,5-8,12H,3-4,9-11H2,1H3. The molecule has 3 aromatic rings.